The zero-order valence-electron chi connectivity index (χ0n) is 14.3. The number of benzene rings is 2. The first-order chi connectivity index (χ1) is 12.0. The highest BCUT2D eigenvalue weighted by molar-refractivity contribution is 7.80. The number of hydrogen-bond donors (Lipinski definition) is 3. The molecule has 0 fully saturated rings. The van der Waals surface area contributed by atoms with Crippen LogP contribution in [0.25, 0.3) is 5.70 Å². The molecule has 0 unspecified atom stereocenters. The number of rotatable bonds is 5. The molecular formula is C19H21N3O2S. The van der Waals surface area contributed by atoms with E-state index in [0.29, 0.717) is 22.5 Å². The highest BCUT2D eigenvalue weighted by Crippen LogP contribution is 2.33. The minimum Gasteiger partial charge on any atom is -0.454 e. The lowest BCUT2D eigenvalue weighted by atomic mass is 10.0. The van der Waals surface area contributed by atoms with Crippen LogP contribution < -0.4 is 25.6 Å². The standard InChI is InChI=1S/C19H21N3O2S/c1-12(2)14-4-7-16(8-5-14)20-19(25)22-21-13(3)15-6-9-17-18(10-15)24-11-23-17/h4-10,12,21H,3,11H2,1-2H3,(H2,20,22,25). The van der Waals surface area contributed by atoms with Crippen molar-refractivity contribution in [1.82, 2.24) is 10.9 Å². The SMILES string of the molecule is C=C(NNC(=S)Nc1ccc(C(C)C)cc1)c1ccc2c(c1)OCO2. The number of hydrazine groups is 1. The number of nitrogens with one attached hydrogen (secondary N) is 3. The monoisotopic (exact) mass is 355 g/mol. The Labute approximate surface area is 153 Å². The van der Waals surface area contributed by atoms with Crippen LogP contribution in [0.5, 0.6) is 11.5 Å². The number of ether oxygens (including phenoxy) is 2. The molecule has 1 heterocycles. The van der Waals surface area contributed by atoms with Gasteiger partial charge < -0.3 is 14.8 Å². The fourth-order valence-corrected chi connectivity index (χ4v) is 2.57. The predicted molar refractivity (Wildman–Crippen MR) is 105 cm³/mol. The van der Waals surface area contributed by atoms with Crippen LogP contribution in [0.3, 0.4) is 0 Å². The molecule has 25 heavy (non-hydrogen) atoms. The van der Waals surface area contributed by atoms with Gasteiger partial charge in [-0.15, -0.1) is 0 Å². The van der Waals surface area contributed by atoms with Crippen LogP contribution in [-0.4, -0.2) is 11.9 Å². The van der Waals surface area contributed by atoms with E-state index >= 15 is 0 Å². The third-order valence-electron chi connectivity index (χ3n) is 3.88. The Morgan fingerprint density at radius 3 is 2.48 bits per heavy atom. The highest BCUT2D eigenvalue weighted by atomic mass is 32.1. The van der Waals surface area contributed by atoms with E-state index in [0.717, 1.165) is 17.0 Å². The molecule has 130 valence electrons. The van der Waals surface area contributed by atoms with E-state index in [1.807, 2.05) is 30.3 Å². The van der Waals surface area contributed by atoms with E-state index in [2.05, 4.69) is 48.7 Å². The Kier molecular flexibility index (Phi) is 5.09. The first-order valence-corrected chi connectivity index (χ1v) is 8.45. The molecule has 3 N–H and O–H groups in total. The summed E-state index contributed by atoms with van der Waals surface area (Å²) in [6.07, 6.45) is 0. The van der Waals surface area contributed by atoms with Crippen LogP contribution in [0.2, 0.25) is 0 Å². The molecule has 5 nitrogen and oxygen atoms in total. The van der Waals surface area contributed by atoms with Gasteiger partial charge in [0, 0.05) is 11.3 Å². The van der Waals surface area contributed by atoms with E-state index < -0.39 is 0 Å². The average Bonchev–Trinajstić information content (AvgIpc) is 3.07. The van der Waals surface area contributed by atoms with Crippen molar-refractivity contribution in [2.75, 3.05) is 12.1 Å². The lowest BCUT2D eigenvalue weighted by Crippen LogP contribution is -2.38. The summed E-state index contributed by atoms with van der Waals surface area (Å²) in [5.41, 5.74) is 9.72. The van der Waals surface area contributed by atoms with Crippen molar-refractivity contribution in [1.29, 1.82) is 0 Å². The number of fused-ring (bicyclic) bond motifs is 1. The fourth-order valence-electron chi connectivity index (χ4n) is 2.40. The van der Waals surface area contributed by atoms with Crippen LogP contribution in [-0.2, 0) is 0 Å². The normalized spacial score (nSPS) is 12.0. The summed E-state index contributed by atoms with van der Waals surface area (Å²) in [5, 5.41) is 3.59. The first-order valence-electron chi connectivity index (χ1n) is 8.05. The molecule has 1 aliphatic rings. The molecule has 0 saturated heterocycles. The van der Waals surface area contributed by atoms with Crippen molar-refractivity contribution in [3.63, 3.8) is 0 Å². The maximum absolute atomic E-state index is 5.37. The molecule has 0 saturated carbocycles. The van der Waals surface area contributed by atoms with Gasteiger partial charge in [0.25, 0.3) is 0 Å². The van der Waals surface area contributed by atoms with E-state index in [-0.39, 0.29) is 6.79 Å². The van der Waals surface area contributed by atoms with Crippen LogP contribution in [0.4, 0.5) is 5.69 Å². The van der Waals surface area contributed by atoms with Gasteiger partial charge in [0.2, 0.25) is 6.79 Å². The lowest BCUT2D eigenvalue weighted by Gasteiger charge is -2.15. The van der Waals surface area contributed by atoms with Crippen LogP contribution >= 0.6 is 12.2 Å². The molecule has 2 aromatic carbocycles. The summed E-state index contributed by atoms with van der Waals surface area (Å²) < 4.78 is 10.7. The van der Waals surface area contributed by atoms with Crippen LogP contribution in [0.15, 0.2) is 49.0 Å². The highest BCUT2D eigenvalue weighted by Gasteiger charge is 2.14. The van der Waals surface area contributed by atoms with Crippen molar-refractivity contribution < 1.29 is 9.47 Å². The minimum atomic E-state index is 0.251. The van der Waals surface area contributed by atoms with Gasteiger partial charge in [-0.3, -0.25) is 10.9 Å². The second-order valence-corrected chi connectivity index (χ2v) is 6.44. The molecule has 0 spiro atoms. The van der Waals surface area contributed by atoms with Gasteiger partial charge >= 0.3 is 0 Å². The molecular weight excluding hydrogens is 334 g/mol. The summed E-state index contributed by atoms with van der Waals surface area (Å²) in [6, 6.07) is 13.8. The molecule has 0 aromatic heterocycles. The maximum atomic E-state index is 5.37. The van der Waals surface area contributed by atoms with E-state index in [9.17, 15) is 0 Å². The van der Waals surface area contributed by atoms with Gasteiger partial charge in [0.15, 0.2) is 16.6 Å². The Morgan fingerprint density at radius 1 is 1.04 bits per heavy atom. The van der Waals surface area contributed by atoms with Crippen molar-refractivity contribution >= 4 is 28.7 Å². The quantitative estimate of drug-likeness (QED) is 0.557. The van der Waals surface area contributed by atoms with Gasteiger partial charge in [-0.1, -0.05) is 32.6 Å². The Balaban J connectivity index is 1.52. The van der Waals surface area contributed by atoms with Gasteiger partial charge in [-0.05, 0) is 54.0 Å². The van der Waals surface area contributed by atoms with Crippen molar-refractivity contribution in [3.05, 3.63) is 60.2 Å². The molecule has 0 atom stereocenters. The summed E-state index contributed by atoms with van der Waals surface area (Å²) >= 11 is 5.30. The molecule has 0 bridgehead atoms. The summed E-state index contributed by atoms with van der Waals surface area (Å²) in [4.78, 5) is 0. The molecule has 2 aromatic rings. The van der Waals surface area contributed by atoms with Crippen molar-refractivity contribution in [3.8, 4) is 11.5 Å². The molecule has 0 aliphatic carbocycles. The topological polar surface area (TPSA) is 54.5 Å². The fraction of sp³-hybridized carbons (Fsp3) is 0.211. The third-order valence-corrected chi connectivity index (χ3v) is 4.09. The van der Waals surface area contributed by atoms with Crippen molar-refractivity contribution in [2.45, 2.75) is 19.8 Å². The first kappa shape index (κ1) is 17.1. The van der Waals surface area contributed by atoms with Gasteiger partial charge in [-0.2, -0.15) is 0 Å². The van der Waals surface area contributed by atoms with Gasteiger partial charge in [-0.25, -0.2) is 0 Å². The van der Waals surface area contributed by atoms with E-state index in [1.165, 1.54) is 5.56 Å². The predicted octanol–water partition coefficient (Wildman–Crippen LogP) is 4.00. The molecule has 0 amide bonds. The van der Waals surface area contributed by atoms with E-state index in [4.69, 9.17) is 21.7 Å². The zero-order chi connectivity index (χ0) is 17.8. The van der Waals surface area contributed by atoms with Crippen molar-refractivity contribution in [2.24, 2.45) is 0 Å². The number of thiocarbonyl (C=S) groups is 1. The Bertz CT molecular complexity index is 788. The Morgan fingerprint density at radius 2 is 1.76 bits per heavy atom. The zero-order valence-corrected chi connectivity index (χ0v) is 15.1. The van der Waals surface area contributed by atoms with E-state index in [1.54, 1.807) is 0 Å². The smallest absolute Gasteiger partial charge is 0.231 e. The Hall–Kier alpha value is -2.73. The molecule has 1 aliphatic heterocycles. The number of hydrogen-bond acceptors (Lipinski definition) is 4. The summed E-state index contributed by atoms with van der Waals surface area (Å²) in [6.45, 7) is 8.59. The minimum absolute atomic E-state index is 0.251. The third kappa shape index (κ3) is 4.22. The summed E-state index contributed by atoms with van der Waals surface area (Å²) in [7, 11) is 0. The average molecular weight is 355 g/mol. The van der Waals surface area contributed by atoms with Crippen LogP contribution in [0, 0.1) is 0 Å². The van der Waals surface area contributed by atoms with Gasteiger partial charge in [0.1, 0.15) is 0 Å². The second-order valence-electron chi connectivity index (χ2n) is 6.03. The lowest BCUT2D eigenvalue weighted by molar-refractivity contribution is 0.174. The second kappa shape index (κ2) is 7.44. The molecule has 0 radical (unpaired) electrons. The summed E-state index contributed by atoms with van der Waals surface area (Å²) in [5.74, 6) is 1.96. The molecule has 3 rings (SSSR count). The largest absolute Gasteiger partial charge is 0.454 e. The molecule has 6 heteroatoms. The maximum Gasteiger partial charge on any atom is 0.231 e. The van der Waals surface area contributed by atoms with Crippen LogP contribution in [0.1, 0.15) is 30.9 Å². The van der Waals surface area contributed by atoms with Gasteiger partial charge in [0.05, 0.1) is 5.70 Å². The number of anilines is 1.